The van der Waals surface area contributed by atoms with Crippen molar-refractivity contribution in [1.29, 1.82) is 5.41 Å². The van der Waals surface area contributed by atoms with Crippen molar-refractivity contribution in [3.8, 4) is 11.5 Å². The van der Waals surface area contributed by atoms with Gasteiger partial charge in [0.25, 0.3) is 5.91 Å². The van der Waals surface area contributed by atoms with Gasteiger partial charge in [0.05, 0.1) is 17.2 Å². The lowest BCUT2D eigenvalue weighted by molar-refractivity contribution is -0.114. The number of ether oxygens (including phenoxy) is 2. The fourth-order valence-electron chi connectivity index (χ4n) is 3.11. The maximum Gasteiger partial charge on any atom is 0.441 e. The highest BCUT2D eigenvalue weighted by molar-refractivity contribution is 8.27. The van der Waals surface area contributed by atoms with E-state index in [0.717, 1.165) is 5.56 Å². The maximum atomic E-state index is 13.0. The summed E-state index contributed by atoms with van der Waals surface area (Å²) < 4.78 is 50.5. The summed E-state index contributed by atoms with van der Waals surface area (Å²) in [6.45, 7) is 2.16. The molecular formula is C22H15Cl2F3N4O3S. The monoisotopic (exact) mass is 542 g/mol. The molecule has 0 unspecified atom stereocenters. The predicted molar refractivity (Wildman–Crippen MR) is 129 cm³/mol. The smallest absolute Gasteiger partial charge is 0.441 e. The van der Waals surface area contributed by atoms with E-state index in [1.54, 1.807) is 25.1 Å². The van der Waals surface area contributed by atoms with Gasteiger partial charge in [-0.2, -0.15) is 28.3 Å². The second-order valence-corrected chi connectivity index (χ2v) is 8.84. The summed E-state index contributed by atoms with van der Waals surface area (Å²) >= 11 is 12.8. The average molecular weight is 543 g/mol. The molecule has 2 aromatic rings. The number of amides is 1. The first kappa shape index (κ1) is 25.1. The summed E-state index contributed by atoms with van der Waals surface area (Å²) in [6.07, 6.45) is -3.44. The van der Waals surface area contributed by atoms with Crippen LogP contribution in [0.25, 0.3) is 6.08 Å². The Labute approximate surface area is 211 Å². The van der Waals surface area contributed by atoms with Crippen molar-refractivity contribution >= 4 is 63.0 Å². The third-order valence-corrected chi connectivity index (χ3v) is 6.27. The summed E-state index contributed by atoms with van der Waals surface area (Å²) in [4.78, 5) is 16.1. The summed E-state index contributed by atoms with van der Waals surface area (Å²) in [6, 6.07) is 10.1. The topological polar surface area (TPSA) is 87.3 Å². The maximum absolute atomic E-state index is 13.0. The molecule has 0 fully saturated rings. The first-order valence-corrected chi connectivity index (χ1v) is 11.6. The fourth-order valence-corrected chi connectivity index (χ4v) is 4.34. The number of halogens is 5. The lowest BCUT2D eigenvalue weighted by Crippen LogP contribution is -2.35. The van der Waals surface area contributed by atoms with E-state index in [1.165, 1.54) is 18.2 Å². The Morgan fingerprint density at radius 1 is 1.17 bits per heavy atom. The van der Waals surface area contributed by atoms with Gasteiger partial charge in [-0.1, -0.05) is 41.4 Å². The van der Waals surface area contributed by atoms with Crippen LogP contribution in [0.3, 0.4) is 0 Å². The molecule has 35 heavy (non-hydrogen) atoms. The van der Waals surface area contributed by atoms with Gasteiger partial charge in [-0.15, -0.1) is 0 Å². The zero-order valence-corrected chi connectivity index (χ0v) is 20.1. The summed E-state index contributed by atoms with van der Waals surface area (Å²) in [5.41, 5.74) is 0.822. The number of alkyl halides is 3. The molecule has 0 aliphatic carbocycles. The number of nitrogens with zero attached hydrogens (tertiary/aromatic N) is 3. The van der Waals surface area contributed by atoms with E-state index in [4.69, 9.17) is 38.1 Å². The van der Waals surface area contributed by atoms with E-state index in [2.05, 4.69) is 10.1 Å². The first-order chi connectivity index (χ1) is 16.6. The Morgan fingerprint density at radius 3 is 2.60 bits per heavy atom. The SMILES string of the molecule is CCOc1cc(/C=C2\C(=N)N3N=C(C(F)(F)F)SC3=NC2=O)cc(Cl)c1OCc1ccccc1Cl. The van der Waals surface area contributed by atoms with E-state index in [0.29, 0.717) is 15.6 Å². The second-order valence-electron chi connectivity index (χ2n) is 7.07. The van der Waals surface area contributed by atoms with E-state index >= 15 is 0 Å². The molecule has 0 saturated heterocycles. The summed E-state index contributed by atoms with van der Waals surface area (Å²) in [5.74, 6) is -0.899. The lowest BCUT2D eigenvalue weighted by Gasteiger charge is -2.20. The number of hydrazone groups is 1. The van der Waals surface area contributed by atoms with Crippen molar-refractivity contribution < 1.29 is 27.4 Å². The molecule has 7 nitrogen and oxygen atoms in total. The standard InChI is InChI=1S/C22H15Cl2F3N4O3S/c1-2-33-16-9-11(8-15(24)17(16)34-10-12-5-3-4-6-14(12)23)7-13-18(28)31-21(29-19(13)32)35-20(30-31)22(25,26)27/h3-9,28H,2,10H2,1H3/b13-7+,28-18?. The largest absolute Gasteiger partial charge is 0.490 e. The summed E-state index contributed by atoms with van der Waals surface area (Å²) in [7, 11) is 0. The number of carbonyl (C=O) groups excluding carboxylic acids is 1. The Hall–Kier alpha value is -3.02. The molecule has 2 heterocycles. The number of rotatable bonds is 6. The van der Waals surface area contributed by atoms with Crippen LogP contribution in [0.5, 0.6) is 11.5 Å². The molecule has 182 valence electrons. The molecular weight excluding hydrogens is 528 g/mol. The number of amidine groups is 2. The third-order valence-electron chi connectivity index (χ3n) is 4.67. The Kier molecular flexibility index (Phi) is 7.11. The Bertz CT molecular complexity index is 1310. The molecule has 0 spiro atoms. The van der Waals surface area contributed by atoms with Crippen molar-refractivity contribution in [3.05, 3.63) is 63.1 Å². The molecule has 4 rings (SSSR count). The quantitative estimate of drug-likeness (QED) is 0.442. The highest BCUT2D eigenvalue weighted by Crippen LogP contribution is 2.39. The second kappa shape index (κ2) is 9.92. The van der Waals surface area contributed by atoms with Crippen LogP contribution in [0.15, 0.2) is 52.1 Å². The van der Waals surface area contributed by atoms with Gasteiger partial charge in [0.1, 0.15) is 6.61 Å². The van der Waals surface area contributed by atoms with E-state index in [-0.39, 0.29) is 52.2 Å². The van der Waals surface area contributed by atoms with Gasteiger partial charge in [-0.3, -0.25) is 10.2 Å². The first-order valence-electron chi connectivity index (χ1n) is 9.98. The van der Waals surface area contributed by atoms with Gasteiger partial charge in [0, 0.05) is 10.6 Å². The van der Waals surface area contributed by atoms with Crippen molar-refractivity contribution in [2.45, 2.75) is 19.7 Å². The van der Waals surface area contributed by atoms with E-state index in [1.807, 2.05) is 6.07 Å². The molecule has 2 aliphatic heterocycles. The van der Waals surface area contributed by atoms with Gasteiger partial charge in [-0.25, -0.2) is 0 Å². The van der Waals surface area contributed by atoms with Gasteiger partial charge in [0.15, 0.2) is 17.3 Å². The van der Waals surface area contributed by atoms with Crippen LogP contribution in [-0.4, -0.2) is 39.7 Å². The number of carbonyl (C=O) groups is 1. The molecule has 1 N–H and O–H groups in total. The van der Waals surface area contributed by atoms with Crippen LogP contribution in [0, 0.1) is 5.41 Å². The van der Waals surface area contributed by atoms with Gasteiger partial charge in [-0.05, 0) is 48.5 Å². The molecule has 0 radical (unpaired) electrons. The van der Waals surface area contributed by atoms with Crippen molar-refractivity contribution in [2.75, 3.05) is 6.61 Å². The number of thioether (sulfide) groups is 1. The van der Waals surface area contributed by atoms with Gasteiger partial charge >= 0.3 is 6.18 Å². The van der Waals surface area contributed by atoms with Crippen LogP contribution in [0.2, 0.25) is 10.0 Å². The highest BCUT2D eigenvalue weighted by atomic mass is 35.5. The van der Waals surface area contributed by atoms with Crippen molar-refractivity contribution in [2.24, 2.45) is 10.1 Å². The highest BCUT2D eigenvalue weighted by Gasteiger charge is 2.46. The fraction of sp³-hybridized carbons (Fsp3) is 0.182. The molecule has 0 aromatic heterocycles. The van der Waals surface area contributed by atoms with Crippen LogP contribution in [0.1, 0.15) is 18.1 Å². The minimum atomic E-state index is -4.72. The minimum absolute atomic E-state index is 0.118. The molecule has 0 saturated carbocycles. The summed E-state index contributed by atoms with van der Waals surface area (Å²) in [5, 5.41) is 11.4. The molecule has 13 heteroatoms. The van der Waals surface area contributed by atoms with Crippen LogP contribution in [0.4, 0.5) is 13.2 Å². The van der Waals surface area contributed by atoms with Crippen molar-refractivity contribution in [1.82, 2.24) is 5.01 Å². The van der Waals surface area contributed by atoms with E-state index in [9.17, 15) is 18.0 Å². The van der Waals surface area contributed by atoms with Crippen LogP contribution < -0.4 is 9.47 Å². The molecule has 0 bridgehead atoms. The predicted octanol–water partition coefficient (Wildman–Crippen LogP) is 6.15. The molecule has 2 aromatic carbocycles. The number of hydrogen-bond donors (Lipinski definition) is 1. The van der Waals surface area contributed by atoms with Gasteiger partial charge in [0.2, 0.25) is 10.2 Å². The Balaban J connectivity index is 1.64. The lowest BCUT2D eigenvalue weighted by atomic mass is 10.1. The van der Waals surface area contributed by atoms with Gasteiger partial charge < -0.3 is 9.47 Å². The molecule has 1 amide bonds. The number of nitrogens with one attached hydrogen (secondary N) is 1. The van der Waals surface area contributed by atoms with Crippen LogP contribution >= 0.6 is 35.0 Å². The zero-order valence-electron chi connectivity index (χ0n) is 17.8. The Morgan fingerprint density at radius 2 is 1.91 bits per heavy atom. The van der Waals surface area contributed by atoms with Crippen molar-refractivity contribution in [3.63, 3.8) is 0 Å². The number of fused-ring (bicyclic) bond motifs is 1. The number of hydrogen-bond acceptors (Lipinski definition) is 6. The van der Waals surface area contributed by atoms with Crippen LogP contribution in [-0.2, 0) is 11.4 Å². The number of benzene rings is 2. The van der Waals surface area contributed by atoms with E-state index < -0.39 is 23.0 Å². The molecule has 2 aliphatic rings. The zero-order chi connectivity index (χ0) is 25.3. The molecule has 0 atom stereocenters. The average Bonchev–Trinajstić information content (AvgIpc) is 3.22. The number of aliphatic imine (C=N–C) groups is 1. The third kappa shape index (κ3) is 5.31. The normalized spacial score (nSPS) is 16.9. The minimum Gasteiger partial charge on any atom is -0.490 e.